The molecule has 0 radical (unpaired) electrons. The lowest BCUT2D eigenvalue weighted by molar-refractivity contribution is 0.162. The molecule has 7 rings (SSSR count). The van der Waals surface area contributed by atoms with Gasteiger partial charge in [0.2, 0.25) is 0 Å². The van der Waals surface area contributed by atoms with Crippen LogP contribution in [0.15, 0.2) is 43.0 Å². The highest BCUT2D eigenvalue weighted by Crippen LogP contribution is 2.32. The average Bonchev–Trinajstić information content (AvgIpc) is 3.58. The molecular formula is C27H29N9O. The first-order chi connectivity index (χ1) is 18.3. The van der Waals surface area contributed by atoms with Crippen molar-refractivity contribution in [1.82, 2.24) is 40.4 Å². The summed E-state index contributed by atoms with van der Waals surface area (Å²) in [5.74, 6) is 2.43. The quantitative estimate of drug-likeness (QED) is 0.334. The van der Waals surface area contributed by atoms with E-state index in [-0.39, 0.29) is 6.10 Å². The number of H-pyrrole nitrogens is 2. The monoisotopic (exact) mass is 495 g/mol. The van der Waals surface area contributed by atoms with Crippen molar-refractivity contribution in [3.63, 3.8) is 0 Å². The van der Waals surface area contributed by atoms with Crippen molar-refractivity contribution in [2.24, 2.45) is 0 Å². The lowest BCUT2D eigenvalue weighted by Crippen LogP contribution is -2.34. The molecule has 2 saturated heterocycles. The third-order valence-corrected chi connectivity index (χ3v) is 7.31. The molecule has 5 aromatic heterocycles. The molecule has 0 aliphatic carbocycles. The minimum absolute atomic E-state index is 0.214. The van der Waals surface area contributed by atoms with Gasteiger partial charge in [0.15, 0.2) is 11.6 Å². The Labute approximate surface area is 213 Å². The molecule has 188 valence electrons. The zero-order chi connectivity index (χ0) is 24.6. The molecular weight excluding hydrogens is 466 g/mol. The minimum atomic E-state index is 0.214. The molecule has 0 saturated carbocycles. The summed E-state index contributed by atoms with van der Waals surface area (Å²) in [6, 6.07) is 6.03. The maximum atomic E-state index is 6.20. The summed E-state index contributed by atoms with van der Waals surface area (Å²) >= 11 is 0. The van der Waals surface area contributed by atoms with Gasteiger partial charge in [-0.3, -0.25) is 15.1 Å². The molecule has 0 spiro atoms. The van der Waals surface area contributed by atoms with Crippen molar-refractivity contribution in [2.45, 2.75) is 38.2 Å². The minimum Gasteiger partial charge on any atom is -0.489 e. The van der Waals surface area contributed by atoms with Gasteiger partial charge in [-0.2, -0.15) is 5.10 Å². The second-order valence-corrected chi connectivity index (χ2v) is 9.83. The van der Waals surface area contributed by atoms with Crippen molar-refractivity contribution in [3.8, 4) is 28.5 Å². The van der Waals surface area contributed by atoms with E-state index in [1.54, 1.807) is 6.20 Å². The van der Waals surface area contributed by atoms with Crippen LogP contribution in [0.1, 0.15) is 32.1 Å². The van der Waals surface area contributed by atoms with E-state index in [4.69, 9.17) is 9.72 Å². The Kier molecular flexibility index (Phi) is 5.65. The van der Waals surface area contributed by atoms with Gasteiger partial charge in [-0.1, -0.05) is 0 Å². The smallest absolute Gasteiger partial charge is 0.159 e. The van der Waals surface area contributed by atoms with Gasteiger partial charge in [0.05, 0.1) is 29.1 Å². The molecule has 0 aromatic carbocycles. The molecule has 2 aliphatic rings. The number of hydrogen-bond donors (Lipinski definition) is 3. The van der Waals surface area contributed by atoms with E-state index in [0.717, 1.165) is 89.5 Å². The fourth-order valence-electron chi connectivity index (χ4n) is 5.35. The Bertz CT molecular complexity index is 1550. The van der Waals surface area contributed by atoms with E-state index in [1.165, 1.54) is 19.3 Å². The molecule has 0 unspecified atom stereocenters. The van der Waals surface area contributed by atoms with Crippen molar-refractivity contribution in [3.05, 3.63) is 43.0 Å². The largest absolute Gasteiger partial charge is 0.489 e. The average molecular weight is 496 g/mol. The number of rotatable bonds is 5. The number of imidazole rings is 1. The summed E-state index contributed by atoms with van der Waals surface area (Å²) < 4.78 is 6.20. The third-order valence-electron chi connectivity index (χ3n) is 7.31. The van der Waals surface area contributed by atoms with Crippen LogP contribution in [0.2, 0.25) is 0 Å². The first kappa shape index (κ1) is 22.2. The predicted molar refractivity (Wildman–Crippen MR) is 143 cm³/mol. The highest BCUT2D eigenvalue weighted by Gasteiger charge is 2.20. The number of ether oxygens (including phenoxy) is 1. The van der Waals surface area contributed by atoms with E-state index < -0.39 is 0 Å². The van der Waals surface area contributed by atoms with Crippen LogP contribution in [-0.4, -0.2) is 67.4 Å². The fourth-order valence-corrected chi connectivity index (χ4v) is 5.35. The van der Waals surface area contributed by atoms with Crippen molar-refractivity contribution in [1.29, 1.82) is 0 Å². The van der Waals surface area contributed by atoms with Crippen molar-refractivity contribution in [2.75, 3.05) is 31.1 Å². The fraction of sp³-hybridized carbons (Fsp3) is 0.370. The third kappa shape index (κ3) is 4.27. The van der Waals surface area contributed by atoms with Crippen molar-refractivity contribution < 1.29 is 4.74 Å². The first-order valence-electron chi connectivity index (χ1n) is 13.1. The standard InChI is InChI=1S/C27H29N9O/c1-2-10-36(11-3-1)27-25-21(6-9-30-27)32-26(33-25)24-20-13-22(31-16-23(20)34-35-24)17-12-19(15-29-14-17)37-18-4-7-28-8-5-18/h6,9,12-16,18,28H,1-5,7-8,10-11H2,(H,32,33)(H,34,35). The predicted octanol–water partition coefficient (Wildman–Crippen LogP) is 4.08. The summed E-state index contributed by atoms with van der Waals surface area (Å²) in [6.45, 7) is 4.00. The maximum Gasteiger partial charge on any atom is 0.159 e. The Balaban J connectivity index is 1.23. The van der Waals surface area contributed by atoms with Crippen LogP contribution >= 0.6 is 0 Å². The molecule has 5 aromatic rings. The van der Waals surface area contributed by atoms with Crippen LogP contribution in [-0.2, 0) is 0 Å². The number of fused-ring (bicyclic) bond motifs is 2. The lowest BCUT2D eigenvalue weighted by Gasteiger charge is -2.27. The Morgan fingerprint density at radius 2 is 1.84 bits per heavy atom. The second kappa shape index (κ2) is 9.44. The van der Waals surface area contributed by atoms with Gasteiger partial charge < -0.3 is 19.9 Å². The van der Waals surface area contributed by atoms with Gasteiger partial charge in [0.25, 0.3) is 0 Å². The van der Waals surface area contributed by atoms with Crippen LogP contribution in [0.3, 0.4) is 0 Å². The second-order valence-electron chi connectivity index (χ2n) is 9.83. The van der Waals surface area contributed by atoms with Crippen LogP contribution in [0.4, 0.5) is 5.82 Å². The number of aromatic nitrogens is 7. The Morgan fingerprint density at radius 1 is 0.946 bits per heavy atom. The van der Waals surface area contributed by atoms with Gasteiger partial charge in [-0.05, 0) is 63.4 Å². The summed E-state index contributed by atoms with van der Waals surface area (Å²) in [7, 11) is 0. The van der Waals surface area contributed by atoms with Crippen LogP contribution in [0.25, 0.3) is 44.7 Å². The summed E-state index contributed by atoms with van der Waals surface area (Å²) in [4.78, 5) is 24.5. The molecule has 2 aliphatic heterocycles. The van der Waals surface area contributed by atoms with Gasteiger partial charge >= 0.3 is 0 Å². The zero-order valence-electron chi connectivity index (χ0n) is 20.6. The number of hydrogen-bond acceptors (Lipinski definition) is 8. The Hall–Kier alpha value is -4.05. The number of aromatic amines is 2. The summed E-state index contributed by atoms with van der Waals surface area (Å²) in [5, 5.41) is 12.0. The van der Waals surface area contributed by atoms with Crippen LogP contribution < -0.4 is 15.0 Å². The van der Waals surface area contributed by atoms with E-state index in [1.807, 2.05) is 36.8 Å². The molecule has 10 heteroatoms. The number of anilines is 1. The van der Waals surface area contributed by atoms with E-state index >= 15 is 0 Å². The molecule has 10 nitrogen and oxygen atoms in total. The molecule has 0 bridgehead atoms. The van der Waals surface area contributed by atoms with Gasteiger partial charge in [0.1, 0.15) is 23.1 Å². The highest BCUT2D eigenvalue weighted by atomic mass is 16.5. The molecule has 3 N–H and O–H groups in total. The van der Waals surface area contributed by atoms with Crippen LogP contribution in [0.5, 0.6) is 5.75 Å². The van der Waals surface area contributed by atoms with Gasteiger partial charge in [-0.15, -0.1) is 0 Å². The van der Waals surface area contributed by atoms with Gasteiger partial charge in [-0.25, -0.2) is 9.97 Å². The normalized spacial score (nSPS) is 17.0. The Morgan fingerprint density at radius 3 is 2.73 bits per heavy atom. The molecule has 37 heavy (non-hydrogen) atoms. The topological polar surface area (TPSA) is 121 Å². The highest BCUT2D eigenvalue weighted by molar-refractivity contribution is 5.96. The van der Waals surface area contributed by atoms with E-state index in [9.17, 15) is 0 Å². The first-order valence-corrected chi connectivity index (χ1v) is 13.1. The summed E-state index contributed by atoms with van der Waals surface area (Å²) in [6.07, 6.45) is 13.1. The maximum absolute atomic E-state index is 6.20. The molecule has 0 amide bonds. The van der Waals surface area contributed by atoms with E-state index in [0.29, 0.717) is 5.82 Å². The lowest BCUT2D eigenvalue weighted by atomic mass is 10.1. The SMILES string of the molecule is c1cc2[nH]c(-c3n[nH]c4cnc(-c5cncc(OC6CCNCC6)c5)cc34)nc2c(N2CCCCC2)n1. The summed E-state index contributed by atoms with van der Waals surface area (Å²) in [5.41, 5.74) is 5.17. The van der Waals surface area contributed by atoms with Crippen LogP contribution in [0, 0.1) is 0 Å². The molecule has 2 fully saturated rings. The number of pyridine rings is 3. The van der Waals surface area contributed by atoms with E-state index in [2.05, 4.69) is 40.3 Å². The molecule has 0 atom stereocenters. The molecule has 7 heterocycles. The van der Waals surface area contributed by atoms with Crippen molar-refractivity contribution >= 4 is 27.8 Å². The number of nitrogens with zero attached hydrogens (tertiary/aromatic N) is 6. The number of nitrogens with one attached hydrogen (secondary N) is 3. The van der Waals surface area contributed by atoms with Gasteiger partial charge in [0, 0.05) is 36.4 Å². The number of piperidine rings is 2. The zero-order valence-corrected chi connectivity index (χ0v) is 20.6.